The molecule has 0 unspecified atom stereocenters. The van der Waals surface area contributed by atoms with E-state index in [1.807, 2.05) is 42.5 Å². The van der Waals surface area contributed by atoms with Crippen molar-refractivity contribution in [3.63, 3.8) is 0 Å². The molecule has 3 aromatic rings. The topological polar surface area (TPSA) is 13.1 Å². The molecule has 1 aromatic heterocycles. The van der Waals surface area contributed by atoms with E-state index in [0.29, 0.717) is 5.02 Å². The maximum atomic E-state index is 6.26. The second-order valence-corrected chi connectivity index (χ2v) is 4.96. The van der Waals surface area contributed by atoms with E-state index in [1.54, 1.807) is 6.26 Å². The molecule has 94 valence electrons. The van der Waals surface area contributed by atoms with E-state index in [4.69, 9.17) is 16.0 Å². The van der Waals surface area contributed by atoms with Crippen LogP contribution in [0.25, 0.3) is 16.5 Å². The van der Waals surface area contributed by atoms with Gasteiger partial charge in [-0.05, 0) is 41.8 Å². The number of hydrogen-bond acceptors (Lipinski definition) is 1. The molecule has 3 rings (SSSR count). The molecule has 1 heterocycles. The zero-order valence-corrected chi connectivity index (χ0v) is 11.4. The molecule has 0 radical (unpaired) electrons. The lowest BCUT2D eigenvalue weighted by Crippen LogP contribution is -1.92. The van der Waals surface area contributed by atoms with Gasteiger partial charge in [0.25, 0.3) is 0 Å². The highest BCUT2D eigenvalue weighted by molar-refractivity contribution is 6.32. The maximum Gasteiger partial charge on any atom is 0.134 e. The summed E-state index contributed by atoms with van der Waals surface area (Å²) in [6, 6.07) is 13.8. The molecule has 0 aliphatic heterocycles. The molecular weight excluding hydrogens is 256 g/mol. The number of fused-ring (bicyclic) bond motifs is 1. The molecule has 0 saturated carbocycles. The molecule has 0 bridgehead atoms. The van der Waals surface area contributed by atoms with Crippen LogP contribution in [-0.2, 0) is 0 Å². The summed E-state index contributed by atoms with van der Waals surface area (Å²) < 4.78 is 5.46. The summed E-state index contributed by atoms with van der Waals surface area (Å²) in [7, 11) is 0. The van der Waals surface area contributed by atoms with Crippen molar-refractivity contribution in [3.8, 4) is 0 Å². The van der Waals surface area contributed by atoms with Crippen LogP contribution in [0, 0.1) is 6.92 Å². The lowest BCUT2D eigenvalue weighted by atomic mass is 9.93. The Labute approximate surface area is 117 Å². The summed E-state index contributed by atoms with van der Waals surface area (Å²) in [5, 5.41) is 1.79. The van der Waals surface area contributed by atoms with Crippen molar-refractivity contribution in [2.45, 2.75) is 6.92 Å². The highest BCUT2D eigenvalue weighted by Crippen LogP contribution is 2.34. The standard InChI is InChI=1S/C17H13ClO/c1-11-7-8-16-14(9-10-19-16)17(11)12(2)13-5-3-4-6-15(13)18/h3-10H,2H2,1H3. The quantitative estimate of drug-likeness (QED) is 0.602. The van der Waals surface area contributed by atoms with Crippen LogP contribution in [0.15, 0.2) is 59.7 Å². The first-order valence-corrected chi connectivity index (χ1v) is 6.47. The third kappa shape index (κ3) is 1.96. The molecule has 0 aliphatic carbocycles. The van der Waals surface area contributed by atoms with Crippen LogP contribution in [-0.4, -0.2) is 0 Å². The first-order valence-electron chi connectivity index (χ1n) is 6.09. The van der Waals surface area contributed by atoms with Crippen molar-refractivity contribution in [2.75, 3.05) is 0 Å². The lowest BCUT2D eigenvalue weighted by Gasteiger charge is -2.12. The molecule has 0 atom stereocenters. The van der Waals surface area contributed by atoms with Gasteiger partial charge in [0.1, 0.15) is 5.58 Å². The number of benzene rings is 2. The van der Waals surface area contributed by atoms with E-state index in [1.165, 1.54) is 5.56 Å². The zero-order valence-electron chi connectivity index (χ0n) is 10.6. The SMILES string of the molecule is C=C(c1ccccc1Cl)c1c(C)ccc2occc12. The molecule has 0 amide bonds. The molecule has 2 heteroatoms. The fraction of sp³-hybridized carbons (Fsp3) is 0.0588. The largest absolute Gasteiger partial charge is 0.464 e. The summed E-state index contributed by atoms with van der Waals surface area (Å²) in [5.74, 6) is 0. The van der Waals surface area contributed by atoms with Crippen LogP contribution in [0.1, 0.15) is 16.7 Å². The second-order valence-electron chi connectivity index (χ2n) is 4.55. The average molecular weight is 269 g/mol. The van der Waals surface area contributed by atoms with Crippen LogP contribution in [0.4, 0.5) is 0 Å². The first kappa shape index (κ1) is 12.1. The van der Waals surface area contributed by atoms with Crippen molar-refractivity contribution in [2.24, 2.45) is 0 Å². The van der Waals surface area contributed by atoms with E-state index in [9.17, 15) is 0 Å². The van der Waals surface area contributed by atoms with E-state index in [-0.39, 0.29) is 0 Å². The number of rotatable bonds is 2. The van der Waals surface area contributed by atoms with Crippen LogP contribution in [0.2, 0.25) is 5.02 Å². The Kier molecular flexibility index (Phi) is 2.92. The number of halogens is 1. The van der Waals surface area contributed by atoms with Crippen molar-refractivity contribution in [3.05, 3.63) is 77.0 Å². The summed E-state index contributed by atoms with van der Waals surface area (Å²) in [6.07, 6.45) is 1.70. The molecule has 1 nitrogen and oxygen atoms in total. The summed E-state index contributed by atoms with van der Waals surface area (Å²) in [5.41, 5.74) is 5.02. The molecule has 0 spiro atoms. The molecule has 19 heavy (non-hydrogen) atoms. The van der Waals surface area contributed by atoms with Gasteiger partial charge in [0.15, 0.2) is 0 Å². The minimum atomic E-state index is 0.715. The molecule has 0 fully saturated rings. The fourth-order valence-electron chi connectivity index (χ4n) is 2.39. The second kappa shape index (κ2) is 4.60. The monoisotopic (exact) mass is 268 g/mol. The van der Waals surface area contributed by atoms with Crippen LogP contribution < -0.4 is 0 Å². The Morgan fingerprint density at radius 3 is 2.68 bits per heavy atom. The smallest absolute Gasteiger partial charge is 0.134 e. The predicted molar refractivity (Wildman–Crippen MR) is 80.5 cm³/mol. The van der Waals surface area contributed by atoms with Gasteiger partial charge in [-0.1, -0.05) is 42.4 Å². The normalized spacial score (nSPS) is 10.8. The van der Waals surface area contributed by atoms with E-state index in [2.05, 4.69) is 13.5 Å². The number of hydrogen-bond donors (Lipinski definition) is 0. The van der Waals surface area contributed by atoms with Gasteiger partial charge < -0.3 is 4.42 Å². The molecule has 0 saturated heterocycles. The maximum absolute atomic E-state index is 6.26. The van der Waals surface area contributed by atoms with Gasteiger partial charge in [-0.2, -0.15) is 0 Å². The predicted octanol–water partition coefficient (Wildman–Crippen LogP) is 5.46. The minimum absolute atomic E-state index is 0.715. The van der Waals surface area contributed by atoms with Crippen molar-refractivity contribution in [1.29, 1.82) is 0 Å². The number of aryl methyl sites for hydroxylation is 1. The Morgan fingerprint density at radius 1 is 1.11 bits per heavy atom. The Hall–Kier alpha value is -1.99. The highest BCUT2D eigenvalue weighted by Gasteiger charge is 2.13. The molecule has 2 aromatic carbocycles. The van der Waals surface area contributed by atoms with Gasteiger partial charge in [0.05, 0.1) is 6.26 Å². The van der Waals surface area contributed by atoms with Gasteiger partial charge in [0, 0.05) is 16.0 Å². The Balaban J connectivity index is 2.25. The lowest BCUT2D eigenvalue weighted by molar-refractivity contribution is 0.616. The van der Waals surface area contributed by atoms with Gasteiger partial charge in [0.2, 0.25) is 0 Å². The van der Waals surface area contributed by atoms with Crippen LogP contribution in [0.3, 0.4) is 0 Å². The summed E-state index contributed by atoms with van der Waals surface area (Å²) in [4.78, 5) is 0. The van der Waals surface area contributed by atoms with E-state index >= 15 is 0 Å². The van der Waals surface area contributed by atoms with Gasteiger partial charge in [-0.3, -0.25) is 0 Å². The van der Waals surface area contributed by atoms with Gasteiger partial charge in [-0.25, -0.2) is 0 Å². The summed E-state index contributed by atoms with van der Waals surface area (Å²) in [6.45, 7) is 6.29. The first-order chi connectivity index (χ1) is 9.18. The van der Waals surface area contributed by atoms with Crippen molar-refractivity contribution in [1.82, 2.24) is 0 Å². The Bertz CT molecular complexity index is 768. The van der Waals surface area contributed by atoms with Gasteiger partial charge in [-0.15, -0.1) is 0 Å². The van der Waals surface area contributed by atoms with E-state index in [0.717, 1.165) is 27.7 Å². The van der Waals surface area contributed by atoms with Crippen molar-refractivity contribution >= 4 is 28.1 Å². The minimum Gasteiger partial charge on any atom is -0.464 e. The highest BCUT2D eigenvalue weighted by atomic mass is 35.5. The van der Waals surface area contributed by atoms with E-state index < -0.39 is 0 Å². The summed E-state index contributed by atoms with van der Waals surface area (Å²) >= 11 is 6.26. The molecule has 0 N–H and O–H groups in total. The van der Waals surface area contributed by atoms with Crippen molar-refractivity contribution < 1.29 is 4.42 Å². The molecular formula is C17H13ClO. The third-order valence-corrected chi connectivity index (χ3v) is 3.67. The van der Waals surface area contributed by atoms with Crippen LogP contribution >= 0.6 is 11.6 Å². The zero-order chi connectivity index (χ0) is 13.4. The number of furan rings is 1. The fourth-order valence-corrected chi connectivity index (χ4v) is 2.64. The van der Waals surface area contributed by atoms with Gasteiger partial charge >= 0.3 is 0 Å². The third-order valence-electron chi connectivity index (χ3n) is 3.34. The Morgan fingerprint density at radius 2 is 1.89 bits per heavy atom. The van der Waals surface area contributed by atoms with Crippen LogP contribution in [0.5, 0.6) is 0 Å². The molecule has 0 aliphatic rings. The average Bonchev–Trinajstić information content (AvgIpc) is 2.86.